The van der Waals surface area contributed by atoms with E-state index < -0.39 is 25.0 Å². The molecule has 13 heavy (non-hydrogen) atoms. The molecule has 0 spiro atoms. The molecule has 0 aliphatic heterocycles. The SMILES string of the molecule is C=C(C)C(=O)OCC(O)(CO)OC. The molecule has 0 saturated carbocycles. The Hall–Kier alpha value is -0.910. The molecule has 0 aromatic heterocycles. The Morgan fingerprint density at radius 1 is 1.62 bits per heavy atom. The highest BCUT2D eigenvalue weighted by molar-refractivity contribution is 5.86. The summed E-state index contributed by atoms with van der Waals surface area (Å²) in [5.74, 6) is -2.46. The zero-order valence-electron chi connectivity index (χ0n) is 7.74. The van der Waals surface area contributed by atoms with Gasteiger partial charge in [0.05, 0.1) is 0 Å². The van der Waals surface area contributed by atoms with Gasteiger partial charge in [0.15, 0.2) is 0 Å². The van der Waals surface area contributed by atoms with E-state index in [1.807, 2.05) is 0 Å². The van der Waals surface area contributed by atoms with Crippen LogP contribution in [0, 0.1) is 0 Å². The fraction of sp³-hybridized carbons (Fsp3) is 0.625. The molecular weight excluding hydrogens is 176 g/mol. The predicted octanol–water partition coefficient (Wildman–Crippen LogP) is -0.567. The molecule has 76 valence electrons. The number of aliphatic hydroxyl groups excluding tert-OH is 1. The Balaban J connectivity index is 4.00. The largest absolute Gasteiger partial charge is 0.457 e. The minimum atomic E-state index is -1.83. The summed E-state index contributed by atoms with van der Waals surface area (Å²) in [5.41, 5.74) is 0.219. The van der Waals surface area contributed by atoms with E-state index in [9.17, 15) is 9.90 Å². The molecule has 0 aromatic rings. The molecule has 1 atom stereocenters. The lowest BCUT2D eigenvalue weighted by molar-refractivity contribution is -0.233. The van der Waals surface area contributed by atoms with Crippen molar-refractivity contribution in [2.75, 3.05) is 20.3 Å². The summed E-state index contributed by atoms with van der Waals surface area (Å²) in [6.45, 7) is 3.76. The fourth-order valence-electron chi connectivity index (χ4n) is 0.471. The molecule has 0 aromatic carbocycles. The van der Waals surface area contributed by atoms with Gasteiger partial charge in [0.2, 0.25) is 5.79 Å². The number of rotatable bonds is 5. The van der Waals surface area contributed by atoms with Crippen LogP contribution in [0.5, 0.6) is 0 Å². The van der Waals surface area contributed by atoms with E-state index in [1.54, 1.807) is 0 Å². The molecule has 0 fully saturated rings. The van der Waals surface area contributed by atoms with Crippen molar-refractivity contribution in [3.63, 3.8) is 0 Å². The van der Waals surface area contributed by atoms with E-state index in [0.717, 1.165) is 0 Å². The van der Waals surface area contributed by atoms with Crippen molar-refractivity contribution in [3.05, 3.63) is 12.2 Å². The molecule has 1 unspecified atom stereocenters. The molecule has 5 heteroatoms. The first kappa shape index (κ1) is 12.1. The van der Waals surface area contributed by atoms with Crippen LogP contribution in [0.1, 0.15) is 6.92 Å². The first-order valence-corrected chi connectivity index (χ1v) is 3.66. The van der Waals surface area contributed by atoms with Crippen LogP contribution in [-0.2, 0) is 14.3 Å². The highest BCUT2D eigenvalue weighted by Gasteiger charge is 2.27. The second-order valence-electron chi connectivity index (χ2n) is 2.66. The number of aliphatic hydroxyl groups is 2. The maximum absolute atomic E-state index is 10.9. The van der Waals surface area contributed by atoms with E-state index >= 15 is 0 Å². The van der Waals surface area contributed by atoms with Gasteiger partial charge >= 0.3 is 5.97 Å². The topological polar surface area (TPSA) is 76.0 Å². The number of methoxy groups -OCH3 is 1. The van der Waals surface area contributed by atoms with Gasteiger partial charge in [-0.1, -0.05) is 6.58 Å². The quantitative estimate of drug-likeness (QED) is 0.345. The molecule has 0 bridgehead atoms. The number of carbonyl (C=O) groups is 1. The third-order valence-electron chi connectivity index (χ3n) is 1.40. The maximum atomic E-state index is 10.9. The lowest BCUT2D eigenvalue weighted by Crippen LogP contribution is -2.41. The van der Waals surface area contributed by atoms with Crippen LogP contribution in [0.15, 0.2) is 12.2 Å². The Kier molecular flexibility index (Phi) is 4.61. The summed E-state index contributed by atoms with van der Waals surface area (Å²) in [4.78, 5) is 10.9. The van der Waals surface area contributed by atoms with E-state index in [0.29, 0.717) is 0 Å². The number of ether oxygens (including phenoxy) is 2. The molecule has 0 aliphatic rings. The molecule has 0 rings (SSSR count). The van der Waals surface area contributed by atoms with Gasteiger partial charge in [-0.25, -0.2) is 4.79 Å². The van der Waals surface area contributed by atoms with Crippen LogP contribution in [0.25, 0.3) is 0 Å². The Labute approximate surface area is 76.6 Å². The average Bonchev–Trinajstić information content (AvgIpc) is 2.13. The zero-order chi connectivity index (χ0) is 10.5. The molecule has 0 heterocycles. The van der Waals surface area contributed by atoms with Gasteiger partial charge in [0.25, 0.3) is 0 Å². The summed E-state index contributed by atoms with van der Waals surface area (Å²) in [6, 6.07) is 0. The van der Waals surface area contributed by atoms with Crippen molar-refractivity contribution in [2.24, 2.45) is 0 Å². The van der Waals surface area contributed by atoms with E-state index in [-0.39, 0.29) is 5.57 Å². The first-order chi connectivity index (χ1) is 5.95. The molecule has 0 radical (unpaired) electrons. The van der Waals surface area contributed by atoms with Crippen molar-refractivity contribution >= 4 is 5.97 Å². The minimum absolute atomic E-state index is 0.219. The summed E-state index contributed by atoms with van der Waals surface area (Å²) >= 11 is 0. The van der Waals surface area contributed by atoms with Crippen molar-refractivity contribution in [2.45, 2.75) is 12.7 Å². The van der Waals surface area contributed by atoms with Gasteiger partial charge in [-0.2, -0.15) is 0 Å². The second kappa shape index (κ2) is 4.96. The second-order valence-corrected chi connectivity index (χ2v) is 2.66. The monoisotopic (exact) mass is 190 g/mol. The Bertz CT molecular complexity index is 195. The Morgan fingerprint density at radius 3 is 2.46 bits per heavy atom. The number of hydrogen-bond acceptors (Lipinski definition) is 5. The van der Waals surface area contributed by atoms with Gasteiger partial charge in [0.1, 0.15) is 13.2 Å². The fourth-order valence-corrected chi connectivity index (χ4v) is 0.471. The standard InChI is InChI=1S/C8H14O5/c1-6(2)7(10)13-5-8(11,4-9)12-3/h9,11H,1,4-5H2,2-3H3. The number of hydrogen-bond donors (Lipinski definition) is 2. The van der Waals surface area contributed by atoms with Crippen LogP contribution >= 0.6 is 0 Å². The lowest BCUT2D eigenvalue weighted by atomic mass is 10.3. The van der Waals surface area contributed by atoms with Crippen molar-refractivity contribution in [1.29, 1.82) is 0 Å². The van der Waals surface area contributed by atoms with E-state index in [1.165, 1.54) is 14.0 Å². The van der Waals surface area contributed by atoms with Crippen LogP contribution in [0.4, 0.5) is 0 Å². The third kappa shape index (κ3) is 4.02. The number of carbonyl (C=O) groups excluding carboxylic acids is 1. The van der Waals surface area contributed by atoms with Gasteiger partial charge in [-0.15, -0.1) is 0 Å². The molecule has 0 saturated heterocycles. The first-order valence-electron chi connectivity index (χ1n) is 3.66. The third-order valence-corrected chi connectivity index (χ3v) is 1.40. The lowest BCUT2D eigenvalue weighted by Gasteiger charge is -2.23. The van der Waals surface area contributed by atoms with Crippen LogP contribution in [0.2, 0.25) is 0 Å². The summed E-state index contributed by atoms with van der Waals surface area (Å²) in [5, 5.41) is 17.9. The van der Waals surface area contributed by atoms with E-state index in [4.69, 9.17) is 5.11 Å². The molecule has 0 amide bonds. The number of esters is 1. The highest BCUT2D eigenvalue weighted by atomic mass is 16.7. The molecule has 5 nitrogen and oxygen atoms in total. The van der Waals surface area contributed by atoms with Crippen LogP contribution in [-0.4, -0.2) is 42.3 Å². The van der Waals surface area contributed by atoms with Gasteiger partial charge in [0, 0.05) is 12.7 Å². The highest BCUT2D eigenvalue weighted by Crippen LogP contribution is 2.06. The minimum Gasteiger partial charge on any atom is -0.457 e. The smallest absolute Gasteiger partial charge is 0.333 e. The van der Waals surface area contributed by atoms with Crippen molar-refractivity contribution < 1.29 is 24.5 Å². The predicted molar refractivity (Wildman–Crippen MR) is 44.8 cm³/mol. The summed E-state index contributed by atoms with van der Waals surface area (Å²) < 4.78 is 9.09. The zero-order valence-corrected chi connectivity index (χ0v) is 7.74. The van der Waals surface area contributed by atoms with Gasteiger partial charge in [-0.3, -0.25) is 0 Å². The normalized spacial score (nSPS) is 14.8. The van der Waals surface area contributed by atoms with Gasteiger partial charge in [-0.05, 0) is 6.92 Å². The van der Waals surface area contributed by atoms with Crippen LogP contribution in [0.3, 0.4) is 0 Å². The molecular formula is C8H14O5. The average molecular weight is 190 g/mol. The Morgan fingerprint density at radius 2 is 2.15 bits per heavy atom. The van der Waals surface area contributed by atoms with Crippen molar-refractivity contribution in [1.82, 2.24) is 0 Å². The summed E-state index contributed by atoms with van der Waals surface area (Å²) in [6.07, 6.45) is 0. The summed E-state index contributed by atoms with van der Waals surface area (Å²) in [7, 11) is 1.20. The van der Waals surface area contributed by atoms with Crippen molar-refractivity contribution in [3.8, 4) is 0 Å². The van der Waals surface area contributed by atoms with Crippen LogP contribution < -0.4 is 0 Å². The van der Waals surface area contributed by atoms with Gasteiger partial charge < -0.3 is 19.7 Å². The molecule has 2 N–H and O–H groups in total. The maximum Gasteiger partial charge on any atom is 0.333 e. The van der Waals surface area contributed by atoms with E-state index in [2.05, 4.69) is 16.1 Å². The molecule has 0 aliphatic carbocycles.